The van der Waals surface area contributed by atoms with Crippen LogP contribution >= 0.6 is 0 Å². The first-order valence-corrected chi connectivity index (χ1v) is 11.9. The molecule has 5 rings (SSSR count). The van der Waals surface area contributed by atoms with Crippen LogP contribution in [0.15, 0.2) is 17.3 Å². The molecule has 1 aliphatic carbocycles. The Hall–Kier alpha value is -3.20. The van der Waals surface area contributed by atoms with Crippen molar-refractivity contribution < 1.29 is 9.90 Å². The second-order valence-electron chi connectivity index (χ2n) is 9.32. The summed E-state index contributed by atoms with van der Waals surface area (Å²) in [5.74, 6) is 1.19. The molecule has 4 heterocycles. The minimum Gasteiger partial charge on any atom is -0.492 e. The van der Waals surface area contributed by atoms with Crippen molar-refractivity contribution in [2.75, 3.05) is 30.8 Å². The Morgan fingerprint density at radius 1 is 1.21 bits per heavy atom. The molecule has 0 unspecified atom stereocenters. The third-order valence-corrected chi connectivity index (χ3v) is 6.82. The van der Waals surface area contributed by atoms with Gasteiger partial charge in [0.15, 0.2) is 5.82 Å². The largest absolute Gasteiger partial charge is 0.492 e. The van der Waals surface area contributed by atoms with E-state index in [9.17, 15) is 9.90 Å². The average Bonchev–Trinajstić information content (AvgIpc) is 3.37. The Morgan fingerprint density at radius 3 is 2.79 bits per heavy atom. The van der Waals surface area contributed by atoms with Crippen LogP contribution in [0.1, 0.15) is 56.2 Å². The van der Waals surface area contributed by atoms with Crippen molar-refractivity contribution in [3.63, 3.8) is 0 Å². The highest BCUT2D eigenvalue weighted by Crippen LogP contribution is 2.34. The molecule has 0 bridgehead atoms. The van der Waals surface area contributed by atoms with Crippen molar-refractivity contribution in [1.82, 2.24) is 19.9 Å². The summed E-state index contributed by atoms with van der Waals surface area (Å²) in [5.41, 5.74) is 2.79. The molecule has 0 atom stereocenters. The number of hydrogen-bond donors (Lipinski definition) is 4. The fraction of sp³-hybridized carbons (Fsp3) is 0.500. The van der Waals surface area contributed by atoms with E-state index in [-0.39, 0.29) is 17.7 Å². The average molecular weight is 450 g/mol. The summed E-state index contributed by atoms with van der Waals surface area (Å²) < 4.78 is 0. The first-order chi connectivity index (χ1) is 16.0. The monoisotopic (exact) mass is 449 g/mol. The molecule has 0 spiro atoms. The van der Waals surface area contributed by atoms with Crippen LogP contribution in [-0.2, 0) is 4.79 Å². The van der Waals surface area contributed by atoms with Gasteiger partial charge in [-0.25, -0.2) is 9.98 Å². The molecule has 2 aliphatic heterocycles. The highest BCUT2D eigenvalue weighted by Gasteiger charge is 2.24. The summed E-state index contributed by atoms with van der Waals surface area (Å²) >= 11 is 0. The van der Waals surface area contributed by atoms with Crippen LogP contribution in [0.2, 0.25) is 0 Å². The number of H-pyrrole nitrogens is 1. The number of aromatic nitrogens is 3. The molecule has 33 heavy (non-hydrogen) atoms. The molecule has 2 aromatic heterocycles. The smallest absolute Gasteiger partial charge is 0.238 e. The van der Waals surface area contributed by atoms with Crippen LogP contribution in [-0.4, -0.2) is 63.3 Å². The fourth-order valence-electron chi connectivity index (χ4n) is 4.81. The number of amides is 1. The van der Waals surface area contributed by atoms with Crippen LogP contribution in [0.5, 0.6) is 5.88 Å². The van der Waals surface area contributed by atoms with Crippen LogP contribution in [0.25, 0.3) is 11.6 Å². The van der Waals surface area contributed by atoms with Gasteiger partial charge < -0.3 is 25.6 Å². The van der Waals surface area contributed by atoms with E-state index in [4.69, 9.17) is 0 Å². The summed E-state index contributed by atoms with van der Waals surface area (Å²) in [6.45, 7) is 1.87. The van der Waals surface area contributed by atoms with Crippen molar-refractivity contribution in [3.8, 4) is 5.88 Å². The number of pyridine rings is 1. The van der Waals surface area contributed by atoms with E-state index in [1.165, 1.54) is 19.3 Å². The van der Waals surface area contributed by atoms with Gasteiger partial charge >= 0.3 is 0 Å². The van der Waals surface area contributed by atoms with Crippen molar-refractivity contribution in [3.05, 3.63) is 23.5 Å². The quantitative estimate of drug-likeness (QED) is 0.551. The lowest BCUT2D eigenvalue weighted by molar-refractivity contribution is -0.121. The first kappa shape index (κ1) is 21.6. The van der Waals surface area contributed by atoms with E-state index in [1.807, 2.05) is 12.1 Å². The van der Waals surface area contributed by atoms with Gasteiger partial charge in [-0.3, -0.25) is 4.79 Å². The molecule has 1 saturated carbocycles. The Bertz CT molecular complexity index is 1080. The van der Waals surface area contributed by atoms with Crippen LogP contribution in [0, 0.1) is 5.92 Å². The third kappa shape index (κ3) is 4.93. The number of anilines is 2. The lowest BCUT2D eigenvalue weighted by Gasteiger charge is -2.28. The summed E-state index contributed by atoms with van der Waals surface area (Å²) in [6.07, 6.45) is 12.9. The number of aromatic amines is 1. The number of aromatic hydroxyl groups is 1. The Kier molecular flexibility index (Phi) is 6.13. The second-order valence-corrected chi connectivity index (χ2v) is 9.32. The minimum absolute atomic E-state index is 0.0257. The van der Waals surface area contributed by atoms with Gasteiger partial charge in [-0.2, -0.15) is 4.98 Å². The first-order valence-electron chi connectivity index (χ1n) is 11.9. The van der Waals surface area contributed by atoms with Crippen LogP contribution in [0.3, 0.4) is 0 Å². The van der Waals surface area contributed by atoms with Crippen molar-refractivity contribution in [1.29, 1.82) is 0 Å². The molecular formula is C24H31N7O2. The lowest BCUT2D eigenvalue weighted by atomic mass is 9.96. The maximum atomic E-state index is 12.7. The molecule has 174 valence electrons. The molecule has 4 N–H and O–H groups in total. The van der Waals surface area contributed by atoms with Crippen molar-refractivity contribution in [2.45, 2.75) is 51.0 Å². The Labute approximate surface area is 193 Å². The number of fused-ring (bicyclic) bond motifs is 1. The number of allylic oxidation sites excluding steroid dienone is 1. The molecule has 2 aromatic rings. The summed E-state index contributed by atoms with van der Waals surface area (Å²) in [5, 5.41) is 16.8. The van der Waals surface area contributed by atoms with Gasteiger partial charge in [0.05, 0.1) is 11.9 Å². The van der Waals surface area contributed by atoms with Crippen molar-refractivity contribution in [2.24, 2.45) is 10.9 Å². The molecule has 0 aromatic carbocycles. The summed E-state index contributed by atoms with van der Waals surface area (Å²) in [4.78, 5) is 31.1. The predicted octanol–water partition coefficient (Wildman–Crippen LogP) is 3.79. The fourth-order valence-corrected chi connectivity index (χ4v) is 4.81. The SMILES string of the molecule is CN1CCC(C(=O)Nc2cnc3c(c2)C(=Cc2[nH]c(NC4CCCCC4)nc2O)C=N3)CC1. The van der Waals surface area contributed by atoms with Crippen LogP contribution < -0.4 is 10.6 Å². The molecule has 0 radical (unpaired) electrons. The Balaban J connectivity index is 1.30. The highest BCUT2D eigenvalue weighted by atomic mass is 16.3. The molecule has 9 heteroatoms. The molecule has 9 nitrogen and oxygen atoms in total. The molecule has 2 fully saturated rings. The number of nitrogens with one attached hydrogen (secondary N) is 3. The maximum Gasteiger partial charge on any atom is 0.238 e. The number of carbonyl (C=O) groups excluding carboxylic acids is 1. The van der Waals surface area contributed by atoms with Gasteiger partial charge in [-0.15, -0.1) is 0 Å². The van der Waals surface area contributed by atoms with Crippen molar-refractivity contribution >= 4 is 41.2 Å². The highest BCUT2D eigenvalue weighted by molar-refractivity contribution is 6.21. The molecule has 1 amide bonds. The maximum absolute atomic E-state index is 12.7. The number of likely N-dealkylation sites (tertiary alicyclic amines) is 1. The van der Waals surface area contributed by atoms with E-state index in [0.29, 0.717) is 29.2 Å². The Morgan fingerprint density at radius 2 is 2.00 bits per heavy atom. The predicted molar refractivity (Wildman–Crippen MR) is 130 cm³/mol. The number of piperidine rings is 1. The molecule has 1 saturated heterocycles. The standard InChI is InChI=1S/C24H31N7O2/c1-31-9-7-15(8-10-31)22(32)27-18-12-19-16(13-25-21(19)26-14-18)11-20-23(33)30-24(29-20)28-17-5-3-2-4-6-17/h11-15,17,33H,2-10H2,1H3,(H,27,32)(H2,28,29,30). The summed E-state index contributed by atoms with van der Waals surface area (Å²) in [7, 11) is 2.08. The van der Waals surface area contributed by atoms with Gasteiger partial charge in [0, 0.05) is 29.3 Å². The second kappa shape index (κ2) is 9.35. The number of hydrogen-bond acceptors (Lipinski definition) is 7. The van der Waals surface area contributed by atoms with Gasteiger partial charge in [-0.1, -0.05) is 19.3 Å². The zero-order chi connectivity index (χ0) is 22.8. The number of nitrogens with zero attached hydrogens (tertiary/aromatic N) is 4. The third-order valence-electron chi connectivity index (χ3n) is 6.82. The number of rotatable bonds is 5. The zero-order valence-corrected chi connectivity index (χ0v) is 19.0. The lowest BCUT2D eigenvalue weighted by Crippen LogP contribution is -2.35. The number of aliphatic imine (C=N–C) groups is 1. The molecule has 3 aliphatic rings. The number of carbonyl (C=O) groups is 1. The van der Waals surface area contributed by atoms with E-state index in [1.54, 1.807) is 12.4 Å². The van der Waals surface area contributed by atoms with E-state index in [2.05, 4.69) is 42.5 Å². The summed E-state index contributed by atoms with van der Waals surface area (Å²) in [6, 6.07) is 2.28. The van der Waals surface area contributed by atoms with Gasteiger partial charge in [0.25, 0.3) is 0 Å². The van der Waals surface area contributed by atoms with Gasteiger partial charge in [0.2, 0.25) is 17.7 Å². The van der Waals surface area contributed by atoms with Gasteiger partial charge in [-0.05, 0) is 58.0 Å². The van der Waals surface area contributed by atoms with E-state index < -0.39 is 0 Å². The van der Waals surface area contributed by atoms with E-state index in [0.717, 1.165) is 49.9 Å². The normalized spacial score (nSPS) is 20.8. The number of imidazole rings is 1. The minimum atomic E-state index is -0.0534. The zero-order valence-electron chi connectivity index (χ0n) is 19.0. The van der Waals surface area contributed by atoms with Gasteiger partial charge in [0.1, 0.15) is 5.69 Å². The van der Waals surface area contributed by atoms with Crippen LogP contribution in [0.4, 0.5) is 17.5 Å². The molecular weight excluding hydrogens is 418 g/mol. The van der Waals surface area contributed by atoms with E-state index >= 15 is 0 Å². The topological polar surface area (TPSA) is 119 Å².